The van der Waals surface area contributed by atoms with E-state index >= 15 is 0 Å². The maximum Gasteiger partial charge on any atom is 0.122 e. The minimum atomic E-state index is -0.00791. The highest BCUT2D eigenvalue weighted by molar-refractivity contribution is 5.46. The van der Waals surface area contributed by atoms with E-state index in [0.29, 0.717) is 5.75 Å². The first kappa shape index (κ1) is 12.1. The van der Waals surface area contributed by atoms with Crippen LogP contribution in [0.5, 0.6) is 5.75 Å². The predicted molar refractivity (Wildman–Crippen MR) is 65.2 cm³/mol. The third-order valence-corrected chi connectivity index (χ3v) is 2.63. The van der Waals surface area contributed by atoms with Gasteiger partial charge in [0, 0.05) is 0 Å². The van der Waals surface area contributed by atoms with E-state index < -0.39 is 0 Å². The Labute approximate surface area is 93.1 Å². The summed E-state index contributed by atoms with van der Waals surface area (Å²) < 4.78 is 0. The van der Waals surface area contributed by atoms with Gasteiger partial charge in [0.15, 0.2) is 0 Å². The van der Waals surface area contributed by atoms with Crippen LogP contribution in [0.4, 0.5) is 0 Å². The van der Waals surface area contributed by atoms with Crippen LogP contribution in [0.3, 0.4) is 0 Å². The Morgan fingerprint density at radius 2 is 1.87 bits per heavy atom. The first-order valence-electron chi connectivity index (χ1n) is 5.48. The molecular formula is C14H21O. The maximum atomic E-state index is 10.0. The van der Waals surface area contributed by atoms with Gasteiger partial charge < -0.3 is 5.11 Å². The molecule has 0 amide bonds. The Bertz CT molecular complexity index is 345. The van der Waals surface area contributed by atoms with Crippen molar-refractivity contribution in [2.45, 2.75) is 46.0 Å². The third-order valence-electron chi connectivity index (χ3n) is 2.63. The molecule has 0 saturated heterocycles. The summed E-state index contributed by atoms with van der Waals surface area (Å²) in [6, 6.07) is 4.16. The molecule has 0 aromatic heterocycles. The molecule has 1 aromatic rings. The van der Waals surface area contributed by atoms with Gasteiger partial charge in [0.05, 0.1) is 0 Å². The monoisotopic (exact) mass is 205 g/mol. The lowest BCUT2D eigenvalue weighted by Gasteiger charge is -2.22. The number of aromatic hydroxyl groups is 1. The fourth-order valence-electron chi connectivity index (χ4n) is 1.77. The smallest absolute Gasteiger partial charge is 0.122 e. The summed E-state index contributed by atoms with van der Waals surface area (Å²) in [7, 11) is 0. The van der Waals surface area contributed by atoms with E-state index in [-0.39, 0.29) is 5.41 Å². The Balaban J connectivity index is 3.25. The Kier molecular flexibility index (Phi) is 3.43. The fourth-order valence-corrected chi connectivity index (χ4v) is 1.77. The topological polar surface area (TPSA) is 20.2 Å². The molecule has 1 heteroatoms. The predicted octanol–water partition coefficient (Wildman–Crippen LogP) is 3.76. The molecule has 0 heterocycles. The van der Waals surface area contributed by atoms with Crippen LogP contribution < -0.4 is 0 Å². The van der Waals surface area contributed by atoms with Crippen LogP contribution >= 0.6 is 0 Å². The lowest BCUT2D eigenvalue weighted by atomic mass is 9.84. The first-order chi connectivity index (χ1) is 6.86. The molecule has 1 N–H and O–H groups in total. The summed E-state index contributed by atoms with van der Waals surface area (Å²) in [6.07, 6.45) is 1.87. The van der Waals surface area contributed by atoms with Crippen molar-refractivity contribution in [1.82, 2.24) is 0 Å². The van der Waals surface area contributed by atoms with Gasteiger partial charge in [-0.2, -0.15) is 0 Å². The van der Waals surface area contributed by atoms with E-state index in [2.05, 4.69) is 39.8 Å². The molecule has 1 nitrogen and oxygen atoms in total. The van der Waals surface area contributed by atoms with Gasteiger partial charge in [-0.25, -0.2) is 0 Å². The highest BCUT2D eigenvalue weighted by Gasteiger charge is 2.19. The molecule has 0 atom stereocenters. The van der Waals surface area contributed by atoms with Gasteiger partial charge in [-0.3, -0.25) is 0 Å². The standard InChI is InChI=1S/C14H21O/c1-6-7-11-8-10(2)13(15)12(9-11)14(3,4)5/h8-9,15H,1,6-7H2,2-5H3. The van der Waals surface area contributed by atoms with E-state index in [4.69, 9.17) is 0 Å². The fraction of sp³-hybridized carbons (Fsp3) is 0.500. The third kappa shape index (κ3) is 2.74. The van der Waals surface area contributed by atoms with Gasteiger partial charge in [-0.1, -0.05) is 39.8 Å². The number of benzene rings is 1. The van der Waals surface area contributed by atoms with Crippen LogP contribution in [0, 0.1) is 13.8 Å². The summed E-state index contributed by atoms with van der Waals surface area (Å²) in [5, 5.41) is 10.0. The van der Waals surface area contributed by atoms with Crippen LogP contribution in [-0.4, -0.2) is 5.11 Å². The highest BCUT2D eigenvalue weighted by Crippen LogP contribution is 2.34. The van der Waals surface area contributed by atoms with E-state index in [9.17, 15) is 5.11 Å². The molecule has 83 valence electrons. The normalized spacial score (nSPS) is 11.8. The molecule has 0 spiro atoms. The van der Waals surface area contributed by atoms with Gasteiger partial charge in [0.1, 0.15) is 5.75 Å². The van der Waals surface area contributed by atoms with Crippen molar-refractivity contribution in [3.63, 3.8) is 0 Å². The minimum Gasteiger partial charge on any atom is -0.507 e. The molecule has 1 rings (SSSR count). The van der Waals surface area contributed by atoms with Crippen LogP contribution in [0.25, 0.3) is 0 Å². The molecule has 1 radical (unpaired) electrons. The van der Waals surface area contributed by atoms with Gasteiger partial charge in [-0.05, 0) is 41.9 Å². The Morgan fingerprint density at radius 1 is 1.27 bits per heavy atom. The highest BCUT2D eigenvalue weighted by atomic mass is 16.3. The van der Waals surface area contributed by atoms with Gasteiger partial charge in [-0.15, -0.1) is 0 Å². The van der Waals surface area contributed by atoms with Crippen molar-refractivity contribution in [2.24, 2.45) is 0 Å². The lowest BCUT2D eigenvalue weighted by molar-refractivity contribution is 0.442. The van der Waals surface area contributed by atoms with Crippen LogP contribution in [0.1, 0.15) is 43.9 Å². The first-order valence-corrected chi connectivity index (χ1v) is 5.48. The molecule has 0 fully saturated rings. The van der Waals surface area contributed by atoms with Crippen molar-refractivity contribution >= 4 is 0 Å². The second kappa shape index (κ2) is 4.26. The number of rotatable bonds is 2. The average molecular weight is 205 g/mol. The molecule has 15 heavy (non-hydrogen) atoms. The zero-order valence-corrected chi connectivity index (χ0v) is 10.2. The van der Waals surface area contributed by atoms with Gasteiger partial charge in [0.25, 0.3) is 0 Å². The molecule has 0 aliphatic carbocycles. The van der Waals surface area contributed by atoms with Crippen molar-refractivity contribution in [1.29, 1.82) is 0 Å². The van der Waals surface area contributed by atoms with E-state index in [1.165, 1.54) is 5.56 Å². The minimum absolute atomic E-state index is 0.00791. The molecular weight excluding hydrogens is 184 g/mol. The number of phenolic OH excluding ortho intramolecular Hbond substituents is 1. The Hall–Kier alpha value is -0.980. The molecule has 0 unspecified atom stereocenters. The van der Waals surface area contributed by atoms with E-state index in [1.807, 2.05) is 6.92 Å². The molecule has 0 saturated carbocycles. The molecule has 0 aliphatic heterocycles. The summed E-state index contributed by atoms with van der Waals surface area (Å²) >= 11 is 0. The lowest BCUT2D eigenvalue weighted by Crippen LogP contribution is -2.12. The Morgan fingerprint density at radius 3 is 2.33 bits per heavy atom. The largest absolute Gasteiger partial charge is 0.507 e. The second-order valence-electron chi connectivity index (χ2n) is 5.16. The second-order valence-corrected chi connectivity index (χ2v) is 5.16. The van der Waals surface area contributed by atoms with Gasteiger partial charge >= 0.3 is 0 Å². The molecule has 0 aliphatic rings. The average Bonchev–Trinajstić information content (AvgIpc) is 2.09. The summed E-state index contributed by atoms with van der Waals surface area (Å²) in [4.78, 5) is 0. The van der Waals surface area contributed by atoms with Gasteiger partial charge in [0.2, 0.25) is 0 Å². The number of phenols is 1. The quantitative estimate of drug-likeness (QED) is 0.779. The zero-order chi connectivity index (χ0) is 11.6. The van der Waals surface area contributed by atoms with Crippen molar-refractivity contribution in [3.8, 4) is 5.75 Å². The summed E-state index contributed by atoms with van der Waals surface area (Å²) in [5.41, 5.74) is 3.26. The van der Waals surface area contributed by atoms with Crippen molar-refractivity contribution in [3.05, 3.63) is 35.7 Å². The summed E-state index contributed by atoms with van der Waals surface area (Å²) in [6.45, 7) is 12.2. The van der Waals surface area contributed by atoms with Crippen molar-refractivity contribution in [2.75, 3.05) is 0 Å². The molecule has 1 aromatic carbocycles. The summed E-state index contributed by atoms with van der Waals surface area (Å²) in [5.74, 6) is 0.440. The number of aryl methyl sites for hydroxylation is 2. The van der Waals surface area contributed by atoms with Crippen molar-refractivity contribution < 1.29 is 5.11 Å². The van der Waals surface area contributed by atoms with Crippen LogP contribution in [0.2, 0.25) is 0 Å². The molecule has 0 bridgehead atoms. The number of hydrogen-bond donors (Lipinski definition) is 1. The van der Waals surface area contributed by atoms with E-state index in [1.54, 1.807) is 0 Å². The SMILES string of the molecule is [CH2]CCc1cc(C)c(O)c(C(C)(C)C)c1. The number of hydrogen-bond acceptors (Lipinski definition) is 1. The maximum absolute atomic E-state index is 10.0. The van der Waals surface area contributed by atoms with Crippen LogP contribution in [-0.2, 0) is 11.8 Å². The van der Waals surface area contributed by atoms with Crippen LogP contribution in [0.15, 0.2) is 12.1 Å². The zero-order valence-electron chi connectivity index (χ0n) is 10.2. The van der Waals surface area contributed by atoms with E-state index in [0.717, 1.165) is 24.0 Å².